The van der Waals surface area contributed by atoms with Crippen molar-refractivity contribution in [2.24, 2.45) is 10.5 Å². The van der Waals surface area contributed by atoms with Gasteiger partial charge in [-0.25, -0.2) is 5.01 Å². The Kier molecular flexibility index (Phi) is 5.51. The second-order valence-corrected chi connectivity index (χ2v) is 7.54. The molecule has 2 aliphatic rings. The van der Waals surface area contributed by atoms with E-state index in [0.717, 1.165) is 11.1 Å². The number of aryl methyl sites for hydroxylation is 2. The molecule has 2 aliphatic heterocycles. The minimum atomic E-state index is -1.09. The summed E-state index contributed by atoms with van der Waals surface area (Å²) >= 11 is 0. The smallest absolute Gasteiger partial charge is 0.313 e. The van der Waals surface area contributed by atoms with E-state index < -0.39 is 11.4 Å². The van der Waals surface area contributed by atoms with Crippen LogP contribution in [-0.2, 0) is 19.1 Å². The zero-order chi connectivity index (χ0) is 20.5. The van der Waals surface area contributed by atoms with E-state index in [0.29, 0.717) is 18.7 Å². The van der Waals surface area contributed by atoms with E-state index in [2.05, 4.69) is 5.10 Å². The summed E-state index contributed by atoms with van der Waals surface area (Å²) in [6.45, 7) is 4.26. The monoisotopic (exact) mass is 387 g/mol. The van der Waals surface area contributed by atoms with Crippen LogP contribution in [0.1, 0.15) is 30.4 Å². The van der Waals surface area contributed by atoms with E-state index in [1.807, 2.05) is 32.0 Å². The summed E-state index contributed by atoms with van der Waals surface area (Å²) in [5.74, 6) is -1.45. The number of hydrogen-bond acceptors (Lipinski definition) is 5. The molecule has 1 aromatic carbocycles. The van der Waals surface area contributed by atoms with Crippen molar-refractivity contribution >= 4 is 29.2 Å². The molecule has 8 heteroatoms. The lowest BCUT2D eigenvalue weighted by Crippen LogP contribution is -2.44. The van der Waals surface area contributed by atoms with Gasteiger partial charge in [-0.05, 0) is 37.5 Å². The van der Waals surface area contributed by atoms with Crippen LogP contribution in [0.3, 0.4) is 0 Å². The number of nitrogens with zero attached hydrogens (tertiary/aromatic N) is 3. The third-order valence-electron chi connectivity index (χ3n) is 5.39. The Morgan fingerprint density at radius 2 is 2.04 bits per heavy atom. The molecule has 0 spiro atoms. The standard InChI is InChI=1S/C20H25N3O5/c1-13-4-5-14(2)16(10-13)23-17(24)7-6-15(21-23)18(25)22-9-8-20(11-22,12-28-3)19(26)27/h4-5,10H,6-9,11-12H2,1-3H3,(H,26,27). The summed E-state index contributed by atoms with van der Waals surface area (Å²) in [6.07, 6.45) is 0.767. The molecule has 1 aromatic rings. The van der Waals surface area contributed by atoms with Crippen molar-refractivity contribution in [2.75, 3.05) is 31.8 Å². The van der Waals surface area contributed by atoms with Crippen LogP contribution in [0.4, 0.5) is 5.69 Å². The molecule has 2 amide bonds. The third-order valence-corrected chi connectivity index (χ3v) is 5.39. The van der Waals surface area contributed by atoms with Gasteiger partial charge in [0.15, 0.2) is 0 Å². The van der Waals surface area contributed by atoms with Gasteiger partial charge in [0.2, 0.25) is 5.91 Å². The molecule has 3 rings (SSSR count). The normalized spacial score (nSPS) is 22.4. The van der Waals surface area contributed by atoms with Gasteiger partial charge in [-0.15, -0.1) is 0 Å². The van der Waals surface area contributed by atoms with Crippen molar-refractivity contribution in [3.63, 3.8) is 0 Å². The molecule has 0 aliphatic carbocycles. The molecule has 0 saturated carbocycles. The van der Waals surface area contributed by atoms with Crippen molar-refractivity contribution < 1.29 is 24.2 Å². The molecule has 0 radical (unpaired) electrons. The predicted molar refractivity (Wildman–Crippen MR) is 103 cm³/mol. The molecule has 150 valence electrons. The molecule has 1 atom stereocenters. The highest BCUT2D eigenvalue weighted by Gasteiger charge is 2.47. The average molecular weight is 387 g/mol. The van der Waals surface area contributed by atoms with Crippen LogP contribution in [0, 0.1) is 19.3 Å². The van der Waals surface area contributed by atoms with Crippen molar-refractivity contribution in [3.8, 4) is 0 Å². The van der Waals surface area contributed by atoms with Crippen LogP contribution in [0.15, 0.2) is 23.3 Å². The van der Waals surface area contributed by atoms with Gasteiger partial charge in [0.25, 0.3) is 5.91 Å². The molecule has 28 heavy (non-hydrogen) atoms. The summed E-state index contributed by atoms with van der Waals surface area (Å²) in [6, 6.07) is 5.73. The van der Waals surface area contributed by atoms with Gasteiger partial charge < -0.3 is 14.7 Å². The number of rotatable bonds is 5. The predicted octanol–water partition coefficient (Wildman–Crippen LogP) is 1.74. The first kappa shape index (κ1) is 20.0. The molecule has 8 nitrogen and oxygen atoms in total. The van der Waals surface area contributed by atoms with E-state index in [4.69, 9.17) is 4.74 Å². The Balaban J connectivity index is 1.85. The lowest BCUT2D eigenvalue weighted by Gasteiger charge is -2.27. The lowest BCUT2D eigenvalue weighted by atomic mass is 9.88. The summed E-state index contributed by atoms with van der Waals surface area (Å²) in [5, 5.41) is 15.2. The maximum Gasteiger partial charge on any atom is 0.313 e. The first-order valence-corrected chi connectivity index (χ1v) is 9.27. The first-order chi connectivity index (χ1) is 13.3. The summed E-state index contributed by atoms with van der Waals surface area (Å²) in [5.41, 5.74) is 1.73. The zero-order valence-corrected chi connectivity index (χ0v) is 16.4. The Hall–Kier alpha value is -2.74. The topological polar surface area (TPSA) is 99.5 Å². The molecular formula is C20H25N3O5. The quantitative estimate of drug-likeness (QED) is 0.830. The van der Waals surface area contributed by atoms with Crippen LogP contribution in [-0.4, -0.2) is 60.3 Å². The maximum atomic E-state index is 13.0. The number of methoxy groups -OCH3 is 1. The number of hydrazone groups is 1. The Morgan fingerprint density at radius 1 is 1.29 bits per heavy atom. The highest BCUT2D eigenvalue weighted by molar-refractivity contribution is 6.40. The fraction of sp³-hybridized carbons (Fsp3) is 0.500. The van der Waals surface area contributed by atoms with E-state index in [1.165, 1.54) is 17.0 Å². The summed E-state index contributed by atoms with van der Waals surface area (Å²) in [7, 11) is 1.45. The molecule has 2 heterocycles. The number of benzene rings is 1. The van der Waals surface area contributed by atoms with Crippen LogP contribution in [0.5, 0.6) is 0 Å². The fourth-order valence-electron chi connectivity index (χ4n) is 3.70. The molecule has 0 bridgehead atoms. The molecular weight excluding hydrogens is 362 g/mol. The van der Waals surface area contributed by atoms with E-state index in [1.54, 1.807) is 0 Å². The molecule has 0 aromatic heterocycles. The minimum absolute atomic E-state index is 0.0473. The number of anilines is 1. The van der Waals surface area contributed by atoms with E-state index in [9.17, 15) is 19.5 Å². The lowest BCUT2D eigenvalue weighted by molar-refractivity contribution is -0.151. The van der Waals surface area contributed by atoms with Gasteiger partial charge in [-0.2, -0.15) is 5.10 Å². The number of likely N-dealkylation sites (tertiary alicyclic amines) is 1. The number of amides is 2. The van der Waals surface area contributed by atoms with Crippen LogP contribution in [0.2, 0.25) is 0 Å². The van der Waals surface area contributed by atoms with Crippen molar-refractivity contribution in [3.05, 3.63) is 29.3 Å². The second-order valence-electron chi connectivity index (χ2n) is 7.54. The fourth-order valence-corrected chi connectivity index (χ4v) is 3.70. The van der Waals surface area contributed by atoms with Gasteiger partial charge in [-0.3, -0.25) is 14.4 Å². The van der Waals surface area contributed by atoms with Gasteiger partial charge in [0.05, 0.1) is 12.3 Å². The Labute approximate surface area is 163 Å². The number of carboxylic acids is 1. The molecule has 1 fully saturated rings. The third kappa shape index (κ3) is 3.64. The number of carbonyl (C=O) groups is 3. The number of hydrogen-bond donors (Lipinski definition) is 1. The average Bonchev–Trinajstić information content (AvgIpc) is 3.10. The van der Waals surface area contributed by atoms with Crippen molar-refractivity contribution in [2.45, 2.75) is 33.1 Å². The Bertz CT molecular complexity index is 850. The van der Waals surface area contributed by atoms with Crippen molar-refractivity contribution in [1.29, 1.82) is 0 Å². The first-order valence-electron chi connectivity index (χ1n) is 9.27. The molecule has 1 unspecified atom stereocenters. The van der Waals surface area contributed by atoms with Crippen LogP contribution >= 0.6 is 0 Å². The van der Waals surface area contributed by atoms with Crippen molar-refractivity contribution in [1.82, 2.24) is 4.90 Å². The number of aliphatic carboxylic acids is 1. The SMILES string of the molecule is COCC1(C(=O)O)CCN(C(=O)C2=NN(c3cc(C)ccc3C)C(=O)CC2)C1. The summed E-state index contributed by atoms with van der Waals surface area (Å²) < 4.78 is 5.08. The molecule has 1 N–H and O–H groups in total. The second kappa shape index (κ2) is 7.71. The van der Waals surface area contributed by atoms with Gasteiger partial charge in [0.1, 0.15) is 11.1 Å². The highest BCUT2D eigenvalue weighted by atomic mass is 16.5. The van der Waals surface area contributed by atoms with Gasteiger partial charge in [-0.1, -0.05) is 12.1 Å². The van der Waals surface area contributed by atoms with E-state index in [-0.39, 0.29) is 43.5 Å². The van der Waals surface area contributed by atoms with Crippen LogP contribution < -0.4 is 5.01 Å². The molecule has 1 saturated heterocycles. The number of carbonyl (C=O) groups excluding carboxylic acids is 2. The largest absolute Gasteiger partial charge is 0.481 e. The highest BCUT2D eigenvalue weighted by Crippen LogP contribution is 2.32. The van der Waals surface area contributed by atoms with Gasteiger partial charge in [0, 0.05) is 33.0 Å². The van der Waals surface area contributed by atoms with Crippen LogP contribution in [0.25, 0.3) is 0 Å². The maximum absolute atomic E-state index is 13.0. The van der Waals surface area contributed by atoms with Gasteiger partial charge >= 0.3 is 5.97 Å². The zero-order valence-electron chi connectivity index (χ0n) is 16.4. The minimum Gasteiger partial charge on any atom is -0.481 e. The Morgan fingerprint density at radius 3 is 2.71 bits per heavy atom. The number of carboxylic acid groups (broad SMARTS) is 1. The number of ether oxygens (including phenoxy) is 1. The van der Waals surface area contributed by atoms with E-state index >= 15 is 0 Å². The summed E-state index contributed by atoms with van der Waals surface area (Å²) in [4.78, 5) is 38.6.